The number of nitrogens with two attached hydrogens (primary N) is 1. The second-order valence-corrected chi connectivity index (χ2v) is 4.94. The molecule has 1 aliphatic rings. The van der Waals surface area contributed by atoms with Crippen molar-refractivity contribution >= 4 is 5.97 Å². The van der Waals surface area contributed by atoms with Crippen molar-refractivity contribution in [3.63, 3.8) is 0 Å². The van der Waals surface area contributed by atoms with E-state index in [1.54, 1.807) is 0 Å². The lowest BCUT2D eigenvalue weighted by molar-refractivity contribution is -0.150. The van der Waals surface area contributed by atoms with Crippen LogP contribution in [0.15, 0.2) is 30.3 Å². The van der Waals surface area contributed by atoms with Crippen molar-refractivity contribution in [3.8, 4) is 5.75 Å². The van der Waals surface area contributed by atoms with Gasteiger partial charge in [-0.05, 0) is 37.8 Å². The molecular weight excluding hydrogens is 242 g/mol. The molecule has 0 bridgehead atoms. The smallest absolute Gasteiger partial charge is 0.309 e. The molecule has 0 atom stereocenters. The van der Waals surface area contributed by atoms with Crippen LogP contribution in [0.2, 0.25) is 0 Å². The van der Waals surface area contributed by atoms with Gasteiger partial charge in [0.15, 0.2) is 0 Å². The quantitative estimate of drug-likeness (QED) is 0.653. The normalized spacial score (nSPS) is 22.8. The van der Waals surface area contributed by atoms with Crippen molar-refractivity contribution in [2.24, 2.45) is 11.7 Å². The maximum Gasteiger partial charge on any atom is 0.309 e. The predicted molar refractivity (Wildman–Crippen MR) is 72.8 cm³/mol. The van der Waals surface area contributed by atoms with Gasteiger partial charge in [-0.2, -0.15) is 0 Å². The summed E-state index contributed by atoms with van der Waals surface area (Å²) in [6, 6.07) is 9.76. The fourth-order valence-corrected chi connectivity index (χ4v) is 2.29. The number of carbonyl (C=O) groups is 1. The molecule has 19 heavy (non-hydrogen) atoms. The van der Waals surface area contributed by atoms with Crippen LogP contribution in [-0.2, 0) is 9.53 Å². The standard InChI is InChI=1S/C15H21NO3/c16-13-8-6-12(7-9-13)15(17)19-11-10-18-14-4-2-1-3-5-14/h1-5,12-13H,6-11,16H2. The number of esters is 1. The molecule has 0 aliphatic heterocycles. The molecule has 0 unspecified atom stereocenters. The SMILES string of the molecule is NC1CCC(C(=O)OCCOc2ccccc2)CC1. The van der Waals surface area contributed by atoms with Crippen LogP contribution in [0.5, 0.6) is 5.75 Å². The summed E-state index contributed by atoms with van der Waals surface area (Å²) in [6.45, 7) is 0.693. The van der Waals surface area contributed by atoms with E-state index in [4.69, 9.17) is 15.2 Å². The average molecular weight is 263 g/mol. The molecule has 0 radical (unpaired) electrons. The van der Waals surface area contributed by atoms with E-state index in [9.17, 15) is 4.79 Å². The minimum Gasteiger partial charge on any atom is -0.490 e. The zero-order valence-corrected chi connectivity index (χ0v) is 11.1. The summed E-state index contributed by atoms with van der Waals surface area (Å²) >= 11 is 0. The summed E-state index contributed by atoms with van der Waals surface area (Å²) in [5.74, 6) is 0.710. The van der Waals surface area contributed by atoms with Crippen LogP contribution in [0.4, 0.5) is 0 Å². The van der Waals surface area contributed by atoms with E-state index >= 15 is 0 Å². The Morgan fingerprint density at radius 3 is 2.47 bits per heavy atom. The molecule has 0 aromatic heterocycles. The van der Waals surface area contributed by atoms with Crippen LogP contribution < -0.4 is 10.5 Å². The lowest BCUT2D eigenvalue weighted by Gasteiger charge is -2.24. The van der Waals surface area contributed by atoms with Crippen LogP contribution in [0.1, 0.15) is 25.7 Å². The lowest BCUT2D eigenvalue weighted by atomic mass is 9.86. The van der Waals surface area contributed by atoms with Crippen LogP contribution in [0.25, 0.3) is 0 Å². The molecule has 0 heterocycles. The maximum absolute atomic E-state index is 11.8. The van der Waals surface area contributed by atoms with E-state index in [0.29, 0.717) is 13.2 Å². The summed E-state index contributed by atoms with van der Waals surface area (Å²) in [7, 11) is 0. The third kappa shape index (κ3) is 4.56. The Morgan fingerprint density at radius 2 is 1.79 bits per heavy atom. The molecule has 0 amide bonds. The molecule has 0 spiro atoms. The van der Waals surface area contributed by atoms with Crippen molar-refractivity contribution in [2.45, 2.75) is 31.7 Å². The Bertz CT molecular complexity index is 386. The third-order valence-corrected chi connectivity index (χ3v) is 3.44. The summed E-state index contributed by atoms with van der Waals surface area (Å²) in [5.41, 5.74) is 5.81. The van der Waals surface area contributed by atoms with E-state index < -0.39 is 0 Å². The van der Waals surface area contributed by atoms with E-state index in [-0.39, 0.29) is 17.9 Å². The number of carbonyl (C=O) groups excluding carboxylic acids is 1. The highest BCUT2D eigenvalue weighted by Gasteiger charge is 2.25. The number of hydrogen-bond donors (Lipinski definition) is 1. The zero-order valence-electron chi connectivity index (χ0n) is 11.1. The van der Waals surface area contributed by atoms with Crippen LogP contribution in [-0.4, -0.2) is 25.2 Å². The minimum absolute atomic E-state index is 0.0246. The van der Waals surface area contributed by atoms with Crippen molar-refractivity contribution in [2.75, 3.05) is 13.2 Å². The number of rotatable bonds is 5. The first kappa shape index (κ1) is 13.9. The molecule has 0 saturated heterocycles. The van der Waals surface area contributed by atoms with Gasteiger partial charge < -0.3 is 15.2 Å². The van der Waals surface area contributed by atoms with Gasteiger partial charge in [-0.3, -0.25) is 4.79 Å². The van der Waals surface area contributed by atoms with Gasteiger partial charge in [0.05, 0.1) is 5.92 Å². The first-order valence-corrected chi connectivity index (χ1v) is 6.86. The monoisotopic (exact) mass is 263 g/mol. The molecule has 104 valence electrons. The molecule has 1 aliphatic carbocycles. The predicted octanol–water partition coefficient (Wildman–Crippen LogP) is 2.13. The molecular formula is C15H21NO3. The van der Waals surface area contributed by atoms with Gasteiger partial charge in [0, 0.05) is 6.04 Å². The molecule has 1 saturated carbocycles. The zero-order chi connectivity index (χ0) is 13.5. The number of benzene rings is 1. The minimum atomic E-state index is -0.108. The summed E-state index contributed by atoms with van der Waals surface area (Å²) in [5, 5.41) is 0. The Morgan fingerprint density at radius 1 is 1.11 bits per heavy atom. The summed E-state index contributed by atoms with van der Waals surface area (Å²) in [6.07, 6.45) is 3.53. The van der Waals surface area contributed by atoms with E-state index in [1.807, 2.05) is 30.3 Å². The fraction of sp³-hybridized carbons (Fsp3) is 0.533. The molecule has 2 rings (SSSR count). The topological polar surface area (TPSA) is 61.6 Å². The maximum atomic E-state index is 11.8. The van der Waals surface area contributed by atoms with Gasteiger partial charge in [-0.1, -0.05) is 18.2 Å². The molecule has 2 N–H and O–H groups in total. The summed E-state index contributed by atoms with van der Waals surface area (Å²) < 4.78 is 10.7. The number of hydrogen-bond acceptors (Lipinski definition) is 4. The highest BCUT2D eigenvalue weighted by Crippen LogP contribution is 2.24. The molecule has 1 aromatic carbocycles. The van der Waals surface area contributed by atoms with Gasteiger partial charge in [-0.15, -0.1) is 0 Å². The van der Waals surface area contributed by atoms with Crippen molar-refractivity contribution in [1.82, 2.24) is 0 Å². The van der Waals surface area contributed by atoms with Crippen molar-refractivity contribution in [1.29, 1.82) is 0 Å². The lowest BCUT2D eigenvalue weighted by Crippen LogP contribution is -2.31. The number of para-hydroxylation sites is 1. The second-order valence-electron chi connectivity index (χ2n) is 4.94. The van der Waals surface area contributed by atoms with E-state index in [2.05, 4.69) is 0 Å². The van der Waals surface area contributed by atoms with Crippen LogP contribution in [0, 0.1) is 5.92 Å². The Labute approximate surface area is 113 Å². The van der Waals surface area contributed by atoms with Gasteiger partial charge in [-0.25, -0.2) is 0 Å². The van der Waals surface area contributed by atoms with Crippen LogP contribution in [0.3, 0.4) is 0 Å². The third-order valence-electron chi connectivity index (χ3n) is 3.44. The molecule has 4 heteroatoms. The second kappa shape index (κ2) is 7.14. The van der Waals surface area contributed by atoms with Gasteiger partial charge in [0.2, 0.25) is 0 Å². The first-order chi connectivity index (χ1) is 9.25. The average Bonchev–Trinajstić information content (AvgIpc) is 2.45. The van der Waals surface area contributed by atoms with Gasteiger partial charge in [0.25, 0.3) is 0 Å². The molecule has 1 aromatic rings. The van der Waals surface area contributed by atoms with Gasteiger partial charge in [0.1, 0.15) is 19.0 Å². The fourth-order valence-electron chi connectivity index (χ4n) is 2.29. The van der Waals surface area contributed by atoms with Crippen molar-refractivity contribution < 1.29 is 14.3 Å². The van der Waals surface area contributed by atoms with E-state index in [1.165, 1.54) is 0 Å². The van der Waals surface area contributed by atoms with Crippen molar-refractivity contribution in [3.05, 3.63) is 30.3 Å². The first-order valence-electron chi connectivity index (χ1n) is 6.86. The largest absolute Gasteiger partial charge is 0.490 e. The summed E-state index contributed by atoms with van der Waals surface area (Å²) in [4.78, 5) is 11.8. The van der Waals surface area contributed by atoms with E-state index in [0.717, 1.165) is 31.4 Å². The Hall–Kier alpha value is -1.55. The van der Waals surface area contributed by atoms with Gasteiger partial charge >= 0.3 is 5.97 Å². The molecule has 1 fully saturated rings. The number of ether oxygens (including phenoxy) is 2. The highest BCUT2D eigenvalue weighted by molar-refractivity contribution is 5.72. The van der Waals surface area contributed by atoms with Crippen LogP contribution >= 0.6 is 0 Å². The Balaban J connectivity index is 1.61. The highest BCUT2D eigenvalue weighted by atomic mass is 16.6. The Kier molecular flexibility index (Phi) is 5.21. The molecule has 4 nitrogen and oxygen atoms in total.